The average molecular weight is 353 g/mol. The van der Waals surface area contributed by atoms with E-state index >= 15 is 0 Å². The van der Waals surface area contributed by atoms with E-state index in [1.807, 2.05) is 0 Å². The average Bonchev–Trinajstić information content (AvgIpc) is 2.60. The molecule has 0 radical (unpaired) electrons. The van der Waals surface area contributed by atoms with Crippen LogP contribution in [0, 0.1) is 0 Å². The zero-order valence-corrected chi connectivity index (χ0v) is 13.7. The van der Waals surface area contributed by atoms with Crippen LogP contribution >= 0.6 is 11.6 Å². The number of rotatable bonds is 3. The zero-order chi connectivity index (χ0) is 15.7. The van der Waals surface area contributed by atoms with E-state index in [2.05, 4.69) is 0 Å². The highest BCUT2D eigenvalue weighted by atomic mass is 35.5. The SMILES string of the molecule is NCc1ccc(S(=O)(=O)N2CCCS(=O)(=O)CC2)cc1Cl. The largest absolute Gasteiger partial charge is 0.326 e. The third kappa shape index (κ3) is 3.75. The minimum absolute atomic E-state index is 0.0197. The monoisotopic (exact) mass is 352 g/mol. The first-order valence-electron chi connectivity index (χ1n) is 6.45. The first-order chi connectivity index (χ1) is 9.76. The molecule has 2 N–H and O–H groups in total. The van der Waals surface area contributed by atoms with Gasteiger partial charge in [-0.1, -0.05) is 17.7 Å². The molecule has 1 heterocycles. The summed E-state index contributed by atoms with van der Waals surface area (Å²) in [5, 5.41) is 0.293. The third-order valence-electron chi connectivity index (χ3n) is 3.40. The van der Waals surface area contributed by atoms with Crippen molar-refractivity contribution < 1.29 is 16.8 Å². The number of nitrogens with zero attached hydrogens (tertiary/aromatic N) is 1. The molecule has 0 aromatic heterocycles. The summed E-state index contributed by atoms with van der Waals surface area (Å²) in [4.78, 5) is 0.0593. The van der Waals surface area contributed by atoms with Crippen LogP contribution in [-0.2, 0) is 26.4 Å². The van der Waals surface area contributed by atoms with Crippen LogP contribution in [0.2, 0.25) is 5.02 Å². The van der Waals surface area contributed by atoms with Crippen molar-refractivity contribution in [2.24, 2.45) is 5.73 Å². The van der Waals surface area contributed by atoms with Gasteiger partial charge in [0.05, 0.1) is 16.4 Å². The zero-order valence-electron chi connectivity index (χ0n) is 11.3. The van der Waals surface area contributed by atoms with Crippen molar-refractivity contribution in [3.05, 3.63) is 28.8 Å². The maximum atomic E-state index is 12.5. The number of halogens is 1. The molecule has 21 heavy (non-hydrogen) atoms. The summed E-state index contributed by atoms with van der Waals surface area (Å²) >= 11 is 5.99. The topological polar surface area (TPSA) is 97.5 Å². The fourth-order valence-electron chi connectivity index (χ4n) is 2.16. The van der Waals surface area contributed by atoms with Crippen LogP contribution in [0.15, 0.2) is 23.1 Å². The summed E-state index contributed by atoms with van der Waals surface area (Å²) in [6.07, 6.45) is 0.302. The second kappa shape index (κ2) is 6.21. The Morgan fingerprint density at radius 1 is 1.24 bits per heavy atom. The van der Waals surface area contributed by atoms with Crippen LogP contribution in [-0.4, -0.2) is 45.7 Å². The number of benzene rings is 1. The second-order valence-electron chi connectivity index (χ2n) is 4.87. The third-order valence-corrected chi connectivity index (χ3v) is 7.36. The Hall–Kier alpha value is -0.670. The standard InChI is InChI=1S/C12H17ClN2O4S2/c13-12-8-11(3-2-10(12)9-14)21(18,19)15-4-1-6-20(16,17)7-5-15/h2-3,8H,1,4-7,9,14H2. The summed E-state index contributed by atoms with van der Waals surface area (Å²) in [6.45, 7) is 0.389. The molecule has 1 fully saturated rings. The lowest BCUT2D eigenvalue weighted by Gasteiger charge is -2.19. The number of hydrogen-bond acceptors (Lipinski definition) is 5. The Morgan fingerprint density at radius 2 is 1.95 bits per heavy atom. The summed E-state index contributed by atoms with van der Waals surface area (Å²) in [6, 6.07) is 4.38. The van der Waals surface area contributed by atoms with Crippen LogP contribution in [0.3, 0.4) is 0 Å². The van der Waals surface area contributed by atoms with E-state index in [9.17, 15) is 16.8 Å². The maximum absolute atomic E-state index is 12.5. The van der Waals surface area contributed by atoms with Crippen LogP contribution < -0.4 is 5.73 Å². The van der Waals surface area contributed by atoms with E-state index in [0.717, 1.165) is 0 Å². The minimum Gasteiger partial charge on any atom is -0.326 e. The number of nitrogens with two attached hydrogens (primary N) is 1. The van der Waals surface area contributed by atoms with Crippen molar-refractivity contribution in [2.45, 2.75) is 17.9 Å². The lowest BCUT2D eigenvalue weighted by molar-refractivity contribution is 0.434. The van der Waals surface area contributed by atoms with Gasteiger partial charge in [0.2, 0.25) is 10.0 Å². The fourth-order valence-corrected chi connectivity index (χ4v) is 5.37. The summed E-state index contributed by atoms with van der Waals surface area (Å²) < 4.78 is 49.4. The van der Waals surface area contributed by atoms with E-state index in [0.29, 0.717) is 17.0 Å². The highest BCUT2D eigenvalue weighted by Gasteiger charge is 2.29. The molecule has 2 rings (SSSR count). The highest BCUT2D eigenvalue weighted by Crippen LogP contribution is 2.24. The van der Waals surface area contributed by atoms with Crippen molar-refractivity contribution in [3.8, 4) is 0 Å². The van der Waals surface area contributed by atoms with E-state index < -0.39 is 19.9 Å². The second-order valence-corrected chi connectivity index (χ2v) is 9.52. The van der Waals surface area contributed by atoms with Crippen molar-refractivity contribution >= 4 is 31.5 Å². The fraction of sp³-hybridized carbons (Fsp3) is 0.500. The molecule has 0 unspecified atom stereocenters. The molecule has 1 aliphatic rings. The van der Waals surface area contributed by atoms with Crippen molar-refractivity contribution in [2.75, 3.05) is 24.6 Å². The predicted octanol–water partition coefficient (Wildman–Crippen LogP) is 0.608. The molecule has 6 nitrogen and oxygen atoms in total. The minimum atomic E-state index is -3.74. The van der Waals surface area contributed by atoms with Gasteiger partial charge in [-0.25, -0.2) is 16.8 Å². The molecule has 9 heteroatoms. The normalized spacial score (nSPS) is 20.1. The molecule has 0 saturated carbocycles. The lowest BCUT2D eigenvalue weighted by atomic mass is 10.2. The van der Waals surface area contributed by atoms with E-state index in [-0.39, 0.29) is 36.0 Å². The van der Waals surface area contributed by atoms with Gasteiger partial charge in [-0.05, 0) is 24.1 Å². The Balaban J connectivity index is 2.31. The summed E-state index contributed by atoms with van der Waals surface area (Å²) in [5.74, 6) is -0.132. The Labute approximate surface area is 129 Å². The van der Waals surface area contributed by atoms with Gasteiger partial charge in [0.25, 0.3) is 0 Å². The van der Waals surface area contributed by atoms with Crippen molar-refractivity contribution in [1.29, 1.82) is 0 Å². The summed E-state index contributed by atoms with van der Waals surface area (Å²) in [7, 11) is -6.90. The van der Waals surface area contributed by atoms with Gasteiger partial charge in [0.1, 0.15) is 0 Å². The molecule has 0 atom stereocenters. The molecular formula is C12H17ClN2O4S2. The van der Waals surface area contributed by atoms with Gasteiger partial charge in [0.15, 0.2) is 9.84 Å². The molecule has 0 aliphatic carbocycles. The molecular weight excluding hydrogens is 336 g/mol. The Bertz CT molecular complexity index is 732. The van der Waals surface area contributed by atoms with Gasteiger partial charge in [-0.2, -0.15) is 4.31 Å². The van der Waals surface area contributed by atoms with Gasteiger partial charge in [-0.15, -0.1) is 0 Å². The van der Waals surface area contributed by atoms with E-state index in [4.69, 9.17) is 17.3 Å². The van der Waals surface area contributed by atoms with Crippen LogP contribution in [0.4, 0.5) is 0 Å². The quantitative estimate of drug-likeness (QED) is 0.859. The van der Waals surface area contributed by atoms with E-state index in [1.54, 1.807) is 6.07 Å². The highest BCUT2D eigenvalue weighted by molar-refractivity contribution is 7.91. The van der Waals surface area contributed by atoms with Crippen molar-refractivity contribution in [3.63, 3.8) is 0 Å². The lowest BCUT2D eigenvalue weighted by Crippen LogP contribution is -2.33. The van der Waals surface area contributed by atoms with E-state index in [1.165, 1.54) is 16.4 Å². The first-order valence-corrected chi connectivity index (χ1v) is 10.1. The molecule has 1 saturated heterocycles. The Kier molecular flexibility index (Phi) is 4.94. The molecule has 1 aromatic rings. The summed E-state index contributed by atoms with van der Waals surface area (Å²) in [5.41, 5.74) is 6.15. The number of sulfonamides is 1. The number of sulfone groups is 1. The van der Waals surface area contributed by atoms with Crippen LogP contribution in [0.1, 0.15) is 12.0 Å². The van der Waals surface area contributed by atoms with Crippen LogP contribution in [0.25, 0.3) is 0 Å². The maximum Gasteiger partial charge on any atom is 0.243 e. The smallest absolute Gasteiger partial charge is 0.243 e. The Morgan fingerprint density at radius 3 is 2.57 bits per heavy atom. The van der Waals surface area contributed by atoms with Gasteiger partial charge in [0, 0.05) is 24.7 Å². The molecule has 0 spiro atoms. The molecule has 1 aromatic carbocycles. The predicted molar refractivity (Wildman–Crippen MR) is 81.4 cm³/mol. The molecule has 118 valence electrons. The molecule has 1 aliphatic heterocycles. The van der Waals surface area contributed by atoms with Gasteiger partial charge in [-0.3, -0.25) is 0 Å². The van der Waals surface area contributed by atoms with Gasteiger partial charge >= 0.3 is 0 Å². The first kappa shape index (κ1) is 16.7. The number of hydrogen-bond donors (Lipinski definition) is 1. The van der Waals surface area contributed by atoms with Gasteiger partial charge < -0.3 is 5.73 Å². The molecule has 0 bridgehead atoms. The van der Waals surface area contributed by atoms with Crippen molar-refractivity contribution in [1.82, 2.24) is 4.31 Å². The van der Waals surface area contributed by atoms with Crippen LogP contribution in [0.5, 0.6) is 0 Å². The molecule has 0 amide bonds.